The van der Waals surface area contributed by atoms with E-state index in [4.69, 9.17) is 0 Å². The lowest BCUT2D eigenvalue weighted by molar-refractivity contribution is -0.140. The molecule has 1 saturated heterocycles. The quantitative estimate of drug-likeness (QED) is 0.469. The minimum Gasteiger partial charge on any atom is -0.284 e. The molecular formula is C21H19N3O3. The second-order valence-electron chi connectivity index (χ2n) is 7.60. The Balaban J connectivity index is 1.54. The van der Waals surface area contributed by atoms with Crippen molar-refractivity contribution in [2.45, 2.75) is 20.3 Å². The second kappa shape index (κ2) is 5.49. The zero-order valence-electron chi connectivity index (χ0n) is 15.1. The molecule has 2 aromatic rings. The zero-order valence-corrected chi connectivity index (χ0v) is 15.1. The first-order valence-corrected chi connectivity index (χ1v) is 9.20. The Morgan fingerprint density at radius 1 is 1.11 bits per heavy atom. The highest BCUT2D eigenvalue weighted by molar-refractivity contribution is 6.09. The number of carbonyl (C=O) groups is 3. The molecule has 6 nitrogen and oxygen atoms in total. The lowest BCUT2D eigenvalue weighted by Crippen LogP contribution is -2.28. The van der Waals surface area contributed by atoms with Gasteiger partial charge in [-0.05, 0) is 31.2 Å². The van der Waals surface area contributed by atoms with Gasteiger partial charge in [-0.1, -0.05) is 30.4 Å². The van der Waals surface area contributed by atoms with Crippen LogP contribution in [0.25, 0.3) is 10.9 Å². The number of rotatable bonds is 2. The van der Waals surface area contributed by atoms with Gasteiger partial charge in [0.25, 0.3) is 11.8 Å². The number of imide groups is 1. The van der Waals surface area contributed by atoms with Gasteiger partial charge in [0.2, 0.25) is 5.91 Å². The number of carbonyl (C=O) groups excluding carboxylic acids is 3. The monoisotopic (exact) mass is 361 g/mol. The van der Waals surface area contributed by atoms with E-state index in [0.717, 1.165) is 33.6 Å². The van der Waals surface area contributed by atoms with E-state index < -0.39 is 0 Å². The normalized spacial score (nSPS) is 28.9. The van der Waals surface area contributed by atoms with Gasteiger partial charge in [-0.3, -0.25) is 19.0 Å². The highest BCUT2D eigenvalue weighted by Gasteiger charge is 2.59. The van der Waals surface area contributed by atoms with E-state index in [1.54, 1.807) is 10.8 Å². The zero-order chi connectivity index (χ0) is 18.9. The number of allylic oxidation sites excluding steroid dienone is 2. The molecule has 1 aromatic carbocycles. The van der Waals surface area contributed by atoms with E-state index in [1.807, 2.05) is 31.2 Å². The molecule has 2 bridgehead atoms. The molecular weight excluding hydrogens is 342 g/mol. The summed E-state index contributed by atoms with van der Waals surface area (Å²) in [6, 6.07) is 7.56. The summed E-state index contributed by atoms with van der Waals surface area (Å²) >= 11 is 0. The van der Waals surface area contributed by atoms with Crippen LogP contribution < -0.4 is 0 Å². The summed E-state index contributed by atoms with van der Waals surface area (Å²) in [5, 5.41) is 6.19. The van der Waals surface area contributed by atoms with Crippen LogP contribution in [-0.2, 0) is 9.59 Å². The molecule has 1 saturated carbocycles. The summed E-state index contributed by atoms with van der Waals surface area (Å²) in [6.45, 7) is 3.35. The van der Waals surface area contributed by atoms with E-state index in [1.165, 1.54) is 6.92 Å². The van der Waals surface area contributed by atoms with Crippen molar-refractivity contribution in [3.05, 3.63) is 47.7 Å². The Morgan fingerprint density at radius 3 is 2.37 bits per heavy atom. The highest BCUT2D eigenvalue weighted by Crippen LogP contribution is 2.52. The first kappa shape index (κ1) is 16.2. The third-order valence-corrected chi connectivity index (χ3v) is 6.22. The van der Waals surface area contributed by atoms with Crippen molar-refractivity contribution in [2.75, 3.05) is 0 Å². The van der Waals surface area contributed by atoms with Gasteiger partial charge in [-0.15, -0.1) is 0 Å². The predicted molar refractivity (Wildman–Crippen MR) is 100 cm³/mol. The van der Waals surface area contributed by atoms with Gasteiger partial charge in [0.15, 0.2) is 0 Å². The van der Waals surface area contributed by atoms with Crippen molar-refractivity contribution >= 4 is 34.8 Å². The van der Waals surface area contributed by atoms with Gasteiger partial charge >= 0.3 is 0 Å². The molecule has 2 heterocycles. The van der Waals surface area contributed by atoms with E-state index in [0.29, 0.717) is 0 Å². The maximum atomic E-state index is 12.8. The summed E-state index contributed by atoms with van der Waals surface area (Å²) in [4.78, 5) is 37.6. The lowest BCUT2D eigenvalue weighted by Gasteiger charge is -2.13. The van der Waals surface area contributed by atoms with E-state index >= 15 is 0 Å². The van der Waals surface area contributed by atoms with Crippen LogP contribution in [0.2, 0.25) is 0 Å². The van der Waals surface area contributed by atoms with Crippen molar-refractivity contribution < 1.29 is 14.4 Å². The summed E-state index contributed by atoms with van der Waals surface area (Å²) in [5.41, 5.74) is 2.29. The third-order valence-electron chi connectivity index (χ3n) is 6.22. The molecule has 4 atom stereocenters. The number of fused-ring (bicyclic) bond motifs is 6. The minimum absolute atomic E-state index is 0.0890. The predicted octanol–water partition coefficient (Wildman–Crippen LogP) is 2.75. The molecule has 1 aromatic heterocycles. The minimum atomic E-state index is -0.260. The number of hydrogen-bond donors (Lipinski definition) is 0. The first-order chi connectivity index (χ1) is 13.0. The van der Waals surface area contributed by atoms with Crippen LogP contribution in [0.3, 0.4) is 0 Å². The Morgan fingerprint density at radius 2 is 1.74 bits per heavy atom. The van der Waals surface area contributed by atoms with Crippen LogP contribution in [0.5, 0.6) is 0 Å². The number of hydrazone groups is 1. The third kappa shape index (κ3) is 2.07. The van der Waals surface area contributed by atoms with Gasteiger partial charge in [0.05, 0.1) is 23.6 Å². The number of amides is 2. The van der Waals surface area contributed by atoms with Crippen LogP contribution in [0.15, 0.2) is 41.5 Å². The van der Waals surface area contributed by atoms with Gasteiger partial charge in [0.1, 0.15) is 0 Å². The summed E-state index contributed by atoms with van der Waals surface area (Å²) in [7, 11) is 0. The van der Waals surface area contributed by atoms with Crippen molar-refractivity contribution in [3.63, 3.8) is 0 Å². The van der Waals surface area contributed by atoms with Crippen molar-refractivity contribution in [1.82, 2.24) is 9.58 Å². The summed E-state index contributed by atoms with van der Waals surface area (Å²) in [6.07, 6.45) is 6.57. The average molecular weight is 361 g/mol. The topological polar surface area (TPSA) is 71.7 Å². The van der Waals surface area contributed by atoms with E-state index in [-0.39, 0.29) is 41.4 Å². The molecule has 2 fully saturated rings. The van der Waals surface area contributed by atoms with Gasteiger partial charge < -0.3 is 0 Å². The smallest absolute Gasteiger partial charge is 0.254 e. The maximum Gasteiger partial charge on any atom is 0.254 e. The van der Waals surface area contributed by atoms with Gasteiger partial charge in [0, 0.05) is 23.6 Å². The number of aromatic nitrogens is 1. The molecule has 27 heavy (non-hydrogen) atoms. The number of benzene rings is 1. The molecule has 136 valence electrons. The molecule has 1 aliphatic heterocycles. The largest absolute Gasteiger partial charge is 0.284 e. The van der Waals surface area contributed by atoms with Crippen LogP contribution in [0, 0.1) is 30.6 Å². The van der Waals surface area contributed by atoms with Gasteiger partial charge in [-0.2, -0.15) is 10.1 Å². The van der Waals surface area contributed by atoms with Gasteiger partial charge in [-0.25, -0.2) is 0 Å². The van der Waals surface area contributed by atoms with Crippen LogP contribution in [-0.4, -0.2) is 33.5 Å². The average Bonchev–Trinajstić information content (AvgIpc) is 3.36. The molecule has 2 aliphatic carbocycles. The fourth-order valence-corrected chi connectivity index (χ4v) is 5.08. The van der Waals surface area contributed by atoms with Crippen LogP contribution in [0.4, 0.5) is 0 Å². The SMILES string of the molecule is CC(=O)n1c(C)c(C=NN2C(=O)C3C4C=CC(C4)C3C2=O)c2ccccc21. The molecule has 6 heteroatoms. The van der Waals surface area contributed by atoms with Crippen LogP contribution in [0.1, 0.15) is 29.4 Å². The fourth-order valence-electron chi connectivity index (χ4n) is 5.08. The highest BCUT2D eigenvalue weighted by atomic mass is 16.2. The molecule has 0 radical (unpaired) electrons. The summed E-state index contributed by atoms with van der Waals surface area (Å²) in [5.74, 6) is -0.685. The number of nitrogens with zero attached hydrogens (tertiary/aromatic N) is 3. The molecule has 2 amide bonds. The summed E-state index contributed by atoms with van der Waals surface area (Å²) < 4.78 is 1.63. The Kier molecular flexibility index (Phi) is 3.29. The number of para-hydroxylation sites is 1. The Bertz CT molecular complexity index is 1050. The first-order valence-electron chi connectivity index (χ1n) is 9.20. The number of hydrogen-bond acceptors (Lipinski definition) is 4. The van der Waals surface area contributed by atoms with E-state index in [2.05, 4.69) is 17.3 Å². The second-order valence-corrected chi connectivity index (χ2v) is 7.60. The molecule has 4 unspecified atom stereocenters. The van der Waals surface area contributed by atoms with Crippen molar-refractivity contribution in [3.8, 4) is 0 Å². The molecule has 0 spiro atoms. The fraction of sp³-hybridized carbons (Fsp3) is 0.333. The van der Waals surface area contributed by atoms with Crippen LogP contribution >= 0.6 is 0 Å². The Labute approximate surface area is 156 Å². The molecule has 5 rings (SSSR count). The lowest BCUT2D eigenvalue weighted by atomic mass is 9.85. The standard InChI is InChI=1S/C21H19N3O3/c1-11-16(15-5-3-4-6-17(15)23(11)12(2)25)10-22-24-20(26)18-13-7-8-14(9-13)19(18)21(24)27/h3-8,10,13-14,18-19H,9H2,1-2H3. The molecule has 3 aliphatic rings. The van der Waals surface area contributed by atoms with Crippen molar-refractivity contribution in [2.24, 2.45) is 28.8 Å². The molecule has 0 N–H and O–H groups in total. The van der Waals surface area contributed by atoms with E-state index in [9.17, 15) is 14.4 Å². The Hall–Kier alpha value is -3.02. The van der Waals surface area contributed by atoms with Crippen molar-refractivity contribution in [1.29, 1.82) is 0 Å². The maximum absolute atomic E-state index is 12.8.